The van der Waals surface area contributed by atoms with Gasteiger partial charge < -0.3 is 9.32 Å². The highest BCUT2D eigenvalue weighted by molar-refractivity contribution is 5.39. The van der Waals surface area contributed by atoms with Crippen molar-refractivity contribution in [3.8, 4) is 0 Å². The molecule has 0 unspecified atom stereocenters. The van der Waals surface area contributed by atoms with Crippen LogP contribution in [0.5, 0.6) is 0 Å². The number of nitrogens with zero attached hydrogens (tertiary/aromatic N) is 5. The Hall–Kier alpha value is -1.95. The molecule has 2 aliphatic rings. The number of aryl methyl sites for hydroxylation is 3. The van der Waals surface area contributed by atoms with E-state index in [2.05, 4.69) is 37.9 Å². The summed E-state index contributed by atoms with van der Waals surface area (Å²) in [5.74, 6) is 3.04. The van der Waals surface area contributed by atoms with E-state index in [1.165, 1.54) is 12.1 Å². The summed E-state index contributed by atoms with van der Waals surface area (Å²) in [4.78, 5) is 18.0. The van der Waals surface area contributed by atoms with Gasteiger partial charge in [0.15, 0.2) is 0 Å². The third-order valence-electron chi connectivity index (χ3n) is 5.25. The van der Waals surface area contributed by atoms with E-state index in [0.29, 0.717) is 6.04 Å². The van der Waals surface area contributed by atoms with Gasteiger partial charge in [-0.3, -0.25) is 4.90 Å². The lowest BCUT2D eigenvalue weighted by Gasteiger charge is -2.36. The van der Waals surface area contributed by atoms with Gasteiger partial charge in [0.05, 0.1) is 12.2 Å². The molecule has 0 amide bonds. The third kappa shape index (κ3) is 3.15. The normalized spacial score (nSPS) is 18.8. The fraction of sp³-hybridized carbons (Fsp3) is 0.611. The number of rotatable bonds is 4. The summed E-state index contributed by atoms with van der Waals surface area (Å²) < 4.78 is 5.91. The highest BCUT2D eigenvalue weighted by atomic mass is 16.4. The Labute approximate surface area is 142 Å². The van der Waals surface area contributed by atoms with Gasteiger partial charge in [0, 0.05) is 44.4 Å². The molecule has 24 heavy (non-hydrogen) atoms. The second-order valence-electron chi connectivity index (χ2n) is 6.97. The van der Waals surface area contributed by atoms with Gasteiger partial charge in [0.2, 0.25) is 5.89 Å². The molecule has 4 rings (SSSR count). The molecule has 0 bridgehead atoms. The second-order valence-corrected chi connectivity index (χ2v) is 6.97. The van der Waals surface area contributed by atoms with Gasteiger partial charge in [-0.2, -0.15) is 0 Å². The van der Waals surface area contributed by atoms with Crippen LogP contribution in [0.4, 0.5) is 5.82 Å². The Bertz CT molecular complexity index is 684. The average Bonchev–Trinajstić information content (AvgIpc) is 3.16. The SMILES string of the molecule is Cc1cc(N(C)C2CCN(Cc3nc4c(o3)CCC4)CC2)ncn1. The van der Waals surface area contributed by atoms with Crippen LogP contribution < -0.4 is 4.90 Å². The fourth-order valence-corrected chi connectivity index (χ4v) is 3.79. The Morgan fingerprint density at radius 2 is 2.08 bits per heavy atom. The maximum Gasteiger partial charge on any atom is 0.208 e. The van der Waals surface area contributed by atoms with Crippen molar-refractivity contribution in [3.63, 3.8) is 0 Å². The summed E-state index contributed by atoms with van der Waals surface area (Å²) in [5.41, 5.74) is 2.21. The molecule has 6 nitrogen and oxygen atoms in total. The van der Waals surface area contributed by atoms with Crippen molar-refractivity contribution in [2.75, 3.05) is 25.0 Å². The first-order valence-corrected chi connectivity index (χ1v) is 8.90. The zero-order valence-corrected chi connectivity index (χ0v) is 14.5. The zero-order valence-electron chi connectivity index (χ0n) is 14.5. The number of aromatic nitrogens is 3. The number of fused-ring (bicyclic) bond motifs is 1. The van der Waals surface area contributed by atoms with Crippen LogP contribution in [0.2, 0.25) is 0 Å². The van der Waals surface area contributed by atoms with Gasteiger partial charge in [-0.1, -0.05) is 0 Å². The first-order valence-electron chi connectivity index (χ1n) is 8.90. The van der Waals surface area contributed by atoms with Crippen LogP contribution in [0, 0.1) is 6.92 Å². The van der Waals surface area contributed by atoms with Gasteiger partial charge in [-0.25, -0.2) is 15.0 Å². The lowest BCUT2D eigenvalue weighted by molar-refractivity contribution is 0.185. The molecule has 0 radical (unpaired) electrons. The van der Waals surface area contributed by atoms with Crippen molar-refractivity contribution in [1.29, 1.82) is 0 Å². The van der Waals surface area contributed by atoms with Crippen LogP contribution in [0.3, 0.4) is 0 Å². The van der Waals surface area contributed by atoms with Crippen molar-refractivity contribution in [2.45, 2.75) is 51.6 Å². The highest BCUT2D eigenvalue weighted by Gasteiger charge is 2.25. The molecule has 1 aliphatic heterocycles. The van der Waals surface area contributed by atoms with E-state index in [4.69, 9.17) is 4.42 Å². The minimum Gasteiger partial charge on any atom is -0.444 e. The smallest absolute Gasteiger partial charge is 0.208 e. The van der Waals surface area contributed by atoms with E-state index in [0.717, 1.165) is 68.5 Å². The van der Waals surface area contributed by atoms with E-state index in [-0.39, 0.29) is 0 Å². The maximum atomic E-state index is 5.91. The van der Waals surface area contributed by atoms with Crippen molar-refractivity contribution in [1.82, 2.24) is 19.9 Å². The van der Waals surface area contributed by atoms with Crippen molar-refractivity contribution >= 4 is 5.82 Å². The Morgan fingerprint density at radius 3 is 2.83 bits per heavy atom. The van der Waals surface area contributed by atoms with Crippen LogP contribution in [-0.2, 0) is 19.4 Å². The van der Waals surface area contributed by atoms with Crippen LogP contribution in [0.1, 0.15) is 42.3 Å². The molecular weight excluding hydrogens is 302 g/mol. The quantitative estimate of drug-likeness (QED) is 0.859. The van der Waals surface area contributed by atoms with Crippen LogP contribution in [0.25, 0.3) is 0 Å². The molecule has 1 saturated heterocycles. The first kappa shape index (κ1) is 15.6. The van der Waals surface area contributed by atoms with E-state index in [9.17, 15) is 0 Å². The Morgan fingerprint density at radius 1 is 1.25 bits per heavy atom. The monoisotopic (exact) mass is 327 g/mol. The van der Waals surface area contributed by atoms with Gasteiger partial charge in [0.1, 0.15) is 17.9 Å². The molecule has 2 aromatic heterocycles. The van der Waals surface area contributed by atoms with Crippen LogP contribution >= 0.6 is 0 Å². The average molecular weight is 327 g/mol. The molecular formula is C18H25N5O. The first-order chi connectivity index (χ1) is 11.7. The molecule has 6 heteroatoms. The van der Waals surface area contributed by atoms with Gasteiger partial charge in [-0.05, 0) is 32.6 Å². The second kappa shape index (κ2) is 6.51. The van der Waals surface area contributed by atoms with E-state index < -0.39 is 0 Å². The Balaban J connectivity index is 1.33. The van der Waals surface area contributed by atoms with E-state index in [1.54, 1.807) is 6.33 Å². The minimum absolute atomic E-state index is 0.533. The molecule has 2 aromatic rings. The van der Waals surface area contributed by atoms with E-state index in [1.807, 2.05) is 6.92 Å². The summed E-state index contributed by atoms with van der Waals surface area (Å²) in [7, 11) is 2.14. The van der Waals surface area contributed by atoms with Crippen molar-refractivity contribution < 1.29 is 4.42 Å². The van der Waals surface area contributed by atoms with Crippen LogP contribution in [-0.4, -0.2) is 46.0 Å². The molecule has 0 atom stereocenters. The number of oxazole rings is 1. The van der Waals surface area contributed by atoms with Gasteiger partial charge >= 0.3 is 0 Å². The number of hydrogen-bond donors (Lipinski definition) is 0. The summed E-state index contributed by atoms with van der Waals surface area (Å²) in [6.07, 6.45) is 7.28. The number of anilines is 1. The lowest BCUT2D eigenvalue weighted by atomic mass is 10.0. The standard InChI is InChI=1S/C18H25N5O/c1-13-10-17(20-12-19-13)22(2)14-6-8-23(9-7-14)11-18-21-15-4-3-5-16(15)24-18/h10,12,14H,3-9,11H2,1-2H3. The van der Waals surface area contributed by atoms with Crippen molar-refractivity contribution in [3.05, 3.63) is 35.4 Å². The van der Waals surface area contributed by atoms with Gasteiger partial charge in [-0.15, -0.1) is 0 Å². The van der Waals surface area contributed by atoms with Crippen LogP contribution in [0.15, 0.2) is 16.8 Å². The number of hydrogen-bond acceptors (Lipinski definition) is 6. The van der Waals surface area contributed by atoms with E-state index >= 15 is 0 Å². The molecule has 3 heterocycles. The summed E-state index contributed by atoms with van der Waals surface area (Å²) in [6, 6.07) is 2.59. The predicted octanol–water partition coefficient (Wildman–Crippen LogP) is 2.36. The minimum atomic E-state index is 0.533. The Kier molecular flexibility index (Phi) is 4.22. The molecule has 0 spiro atoms. The van der Waals surface area contributed by atoms with Gasteiger partial charge in [0.25, 0.3) is 0 Å². The number of likely N-dealkylation sites (tertiary alicyclic amines) is 1. The predicted molar refractivity (Wildman–Crippen MR) is 92.0 cm³/mol. The molecule has 0 N–H and O–H groups in total. The zero-order chi connectivity index (χ0) is 16.5. The van der Waals surface area contributed by atoms with Crippen molar-refractivity contribution in [2.24, 2.45) is 0 Å². The molecule has 1 fully saturated rings. The maximum absolute atomic E-state index is 5.91. The summed E-state index contributed by atoms with van der Waals surface area (Å²) in [6.45, 7) is 5.00. The molecule has 1 aliphatic carbocycles. The molecule has 0 aromatic carbocycles. The largest absolute Gasteiger partial charge is 0.444 e. The fourth-order valence-electron chi connectivity index (χ4n) is 3.79. The molecule has 128 valence electrons. The summed E-state index contributed by atoms with van der Waals surface area (Å²) >= 11 is 0. The topological polar surface area (TPSA) is 58.3 Å². The number of piperidine rings is 1. The highest BCUT2D eigenvalue weighted by Crippen LogP contribution is 2.25. The molecule has 0 saturated carbocycles. The lowest BCUT2D eigenvalue weighted by Crippen LogP contribution is -2.43. The third-order valence-corrected chi connectivity index (χ3v) is 5.25. The summed E-state index contributed by atoms with van der Waals surface area (Å²) in [5, 5.41) is 0.